The Bertz CT molecular complexity index is 1320. The second-order valence-electron chi connectivity index (χ2n) is 7.83. The molecule has 0 bridgehead atoms. The minimum absolute atomic E-state index is 0.244. The third-order valence-electron chi connectivity index (χ3n) is 5.30. The smallest absolute Gasteiger partial charge is 0.294 e. The summed E-state index contributed by atoms with van der Waals surface area (Å²) >= 11 is 6.92. The largest absolute Gasteiger partial charge is 0.493 e. The van der Waals surface area contributed by atoms with Gasteiger partial charge in [-0.2, -0.15) is 0 Å². The van der Waals surface area contributed by atoms with Crippen LogP contribution in [0.25, 0.3) is 16.8 Å². The third kappa shape index (κ3) is 5.11. The second-order valence-corrected chi connectivity index (χ2v) is 9.23. The number of nitrogens with zero attached hydrogens (tertiary/aromatic N) is 1. The highest BCUT2D eigenvalue weighted by Gasteiger charge is 2.36. The van der Waals surface area contributed by atoms with Crippen LogP contribution >= 0.6 is 23.4 Å². The minimum Gasteiger partial charge on any atom is -0.493 e. The maximum atomic E-state index is 13.0. The molecule has 1 fully saturated rings. The van der Waals surface area contributed by atoms with Gasteiger partial charge in [-0.1, -0.05) is 54.9 Å². The number of rotatable bonds is 7. The van der Waals surface area contributed by atoms with Gasteiger partial charge >= 0.3 is 0 Å². The van der Waals surface area contributed by atoms with Gasteiger partial charge in [-0.05, 0) is 65.7 Å². The van der Waals surface area contributed by atoms with Crippen molar-refractivity contribution in [2.45, 2.75) is 20.3 Å². The first-order valence-electron chi connectivity index (χ1n) is 10.8. The lowest BCUT2D eigenvalue weighted by Gasteiger charge is -2.13. The van der Waals surface area contributed by atoms with Crippen LogP contribution in [0.1, 0.15) is 24.5 Å². The number of hydrogen-bond acceptors (Lipinski definition) is 5. The quantitative estimate of drug-likeness (QED) is 0.392. The lowest BCUT2D eigenvalue weighted by Crippen LogP contribution is -2.36. The standard InChI is InChI=1S/C26H23ClN2O4S/c1-3-12-33-22-11-9-17-6-4-5-7-19(17)20(22)14-23-25(31)29(26(32)34-23)15-24(30)28-18-10-8-16(2)21(27)13-18/h4-11,13-14H,3,12,15H2,1-2H3,(H,28,30)/b23-14-. The Hall–Kier alpha value is -3.29. The summed E-state index contributed by atoms with van der Waals surface area (Å²) in [7, 11) is 0. The molecule has 4 rings (SSSR count). The van der Waals surface area contributed by atoms with Crippen LogP contribution in [0.15, 0.2) is 59.5 Å². The van der Waals surface area contributed by atoms with Gasteiger partial charge in [0.15, 0.2) is 0 Å². The monoisotopic (exact) mass is 494 g/mol. The minimum atomic E-state index is -0.513. The molecule has 0 atom stereocenters. The van der Waals surface area contributed by atoms with Crippen molar-refractivity contribution in [1.82, 2.24) is 4.90 Å². The zero-order valence-corrected chi connectivity index (χ0v) is 20.3. The van der Waals surface area contributed by atoms with Crippen molar-refractivity contribution < 1.29 is 19.1 Å². The highest BCUT2D eigenvalue weighted by atomic mass is 35.5. The number of carbonyl (C=O) groups is 3. The van der Waals surface area contributed by atoms with Gasteiger partial charge in [0.25, 0.3) is 11.1 Å². The Morgan fingerprint density at radius 3 is 2.71 bits per heavy atom. The fraction of sp³-hybridized carbons (Fsp3) is 0.192. The number of hydrogen-bond donors (Lipinski definition) is 1. The molecule has 0 aromatic heterocycles. The Morgan fingerprint density at radius 1 is 1.15 bits per heavy atom. The SMILES string of the molecule is CCCOc1ccc2ccccc2c1/C=C1\SC(=O)N(CC(=O)Nc2ccc(C)c(Cl)c2)C1=O. The van der Waals surface area contributed by atoms with Crippen LogP contribution in [0.4, 0.5) is 10.5 Å². The molecule has 0 unspecified atom stereocenters. The van der Waals surface area contributed by atoms with Crippen molar-refractivity contribution in [1.29, 1.82) is 0 Å². The zero-order valence-electron chi connectivity index (χ0n) is 18.8. The normalized spacial score (nSPS) is 14.8. The van der Waals surface area contributed by atoms with Crippen molar-refractivity contribution in [3.05, 3.63) is 75.7 Å². The summed E-state index contributed by atoms with van der Waals surface area (Å²) in [4.78, 5) is 39.3. The molecule has 1 heterocycles. The van der Waals surface area contributed by atoms with Crippen LogP contribution in [-0.2, 0) is 9.59 Å². The molecule has 174 valence electrons. The average Bonchev–Trinajstić information content (AvgIpc) is 3.08. The maximum Gasteiger partial charge on any atom is 0.294 e. The van der Waals surface area contributed by atoms with Crippen LogP contribution in [0.3, 0.4) is 0 Å². The summed E-state index contributed by atoms with van der Waals surface area (Å²) < 4.78 is 5.90. The number of amides is 3. The summed E-state index contributed by atoms with van der Waals surface area (Å²) in [6.07, 6.45) is 2.51. The highest BCUT2D eigenvalue weighted by Crippen LogP contribution is 2.37. The number of nitrogens with one attached hydrogen (secondary N) is 1. The van der Waals surface area contributed by atoms with Crippen molar-refractivity contribution in [3.63, 3.8) is 0 Å². The Balaban J connectivity index is 1.57. The number of anilines is 1. The van der Waals surface area contributed by atoms with E-state index in [4.69, 9.17) is 16.3 Å². The molecule has 3 amide bonds. The molecule has 6 nitrogen and oxygen atoms in total. The fourth-order valence-corrected chi connectivity index (χ4v) is 4.55. The topological polar surface area (TPSA) is 75.7 Å². The molecule has 1 saturated heterocycles. The van der Waals surface area contributed by atoms with Crippen molar-refractivity contribution in [2.75, 3.05) is 18.5 Å². The van der Waals surface area contributed by atoms with E-state index in [1.54, 1.807) is 24.3 Å². The predicted molar refractivity (Wildman–Crippen MR) is 137 cm³/mol. The highest BCUT2D eigenvalue weighted by molar-refractivity contribution is 8.18. The van der Waals surface area contributed by atoms with Crippen molar-refractivity contribution >= 4 is 63.0 Å². The molecule has 1 N–H and O–H groups in total. The molecule has 34 heavy (non-hydrogen) atoms. The van der Waals surface area contributed by atoms with Crippen LogP contribution in [-0.4, -0.2) is 35.1 Å². The van der Waals surface area contributed by atoms with E-state index in [2.05, 4.69) is 5.32 Å². The lowest BCUT2D eigenvalue weighted by molar-refractivity contribution is -0.127. The van der Waals surface area contributed by atoms with Crippen LogP contribution in [0.2, 0.25) is 5.02 Å². The van der Waals surface area contributed by atoms with Gasteiger partial charge in [-0.25, -0.2) is 0 Å². The van der Waals surface area contributed by atoms with E-state index in [-0.39, 0.29) is 11.4 Å². The zero-order chi connectivity index (χ0) is 24.2. The summed E-state index contributed by atoms with van der Waals surface area (Å²) in [6.45, 7) is 4.02. The van der Waals surface area contributed by atoms with Gasteiger partial charge in [0.05, 0.1) is 11.5 Å². The van der Waals surface area contributed by atoms with E-state index in [1.807, 2.05) is 50.2 Å². The van der Waals surface area contributed by atoms with Crippen molar-refractivity contribution in [3.8, 4) is 5.75 Å². The number of aryl methyl sites for hydroxylation is 1. The molecule has 0 radical (unpaired) electrons. The van der Waals surface area contributed by atoms with E-state index in [9.17, 15) is 14.4 Å². The van der Waals surface area contributed by atoms with Gasteiger partial charge < -0.3 is 10.1 Å². The summed E-state index contributed by atoms with van der Waals surface area (Å²) in [5.74, 6) is -0.358. The molecule has 3 aromatic carbocycles. The van der Waals surface area contributed by atoms with Crippen molar-refractivity contribution in [2.24, 2.45) is 0 Å². The summed E-state index contributed by atoms with van der Waals surface area (Å²) in [5, 5.41) is 4.61. The van der Waals surface area contributed by atoms with Crippen LogP contribution < -0.4 is 10.1 Å². The average molecular weight is 495 g/mol. The second kappa shape index (κ2) is 10.3. The molecule has 1 aliphatic heterocycles. The molecule has 3 aromatic rings. The van der Waals surface area contributed by atoms with Gasteiger partial charge in [0.2, 0.25) is 5.91 Å². The van der Waals surface area contributed by atoms with Gasteiger partial charge in [0.1, 0.15) is 12.3 Å². The molecule has 0 aliphatic carbocycles. The Labute approximate surface area is 206 Å². The molecule has 0 spiro atoms. The van der Waals surface area contributed by atoms with Gasteiger partial charge in [-0.3, -0.25) is 19.3 Å². The number of ether oxygens (including phenoxy) is 1. The fourth-order valence-electron chi connectivity index (χ4n) is 3.54. The number of carbonyl (C=O) groups excluding carboxylic acids is 3. The van der Waals surface area contributed by atoms with E-state index in [0.29, 0.717) is 23.1 Å². The number of benzene rings is 3. The molecular formula is C26H23ClN2O4S. The van der Waals surface area contributed by atoms with E-state index >= 15 is 0 Å². The number of imide groups is 1. The number of fused-ring (bicyclic) bond motifs is 1. The first kappa shape index (κ1) is 23.9. The number of thioether (sulfide) groups is 1. The molecular weight excluding hydrogens is 472 g/mol. The van der Waals surface area contributed by atoms with Crippen LogP contribution in [0.5, 0.6) is 5.75 Å². The van der Waals surface area contributed by atoms with E-state index in [1.165, 1.54) is 0 Å². The first-order valence-corrected chi connectivity index (χ1v) is 12.0. The molecule has 0 saturated carbocycles. The van der Waals surface area contributed by atoms with Gasteiger partial charge in [-0.15, -0.1) is 0 Å². The van der Waals surface area contributed by atoms with Gasteiger partial charge in [0, 0.05) is 16.3 Å². The first-order chi connectivity index (χ1) is 16.4. The summed E-state index contributed by atoms with van der Waals surface area (Å²) in [5.41, 5.74) is 2.11. The lowest BCUT2D eigenvalue weighted by atomic mass is 10.0. The molecule has 1 aliphatic rings. The predicted octanol–water partition coefficient (Wildman–Crippen LogP) is 6.27. The third-order valence-corrected chi connectivity index (χ3v) is 6.61. The van der Waals surface area contributed by atoms with E-state index < -0.39 is 17.1 Å². The number of halogens is 1. The Kier molecular flexibility index (Phi) is 7.24. The Morgan fingerprint density at radius 2 is 1.94 bits per heavy atom. The van der Waals surface area contributed by atoms with Crippen LogP contribution in [0, 0.1) is 6.92 Å². The maximum absolute atomic E-state index is 13.0. The molecule has 8 heteroatoms. The summed E-state index contributed by atoms with van der Waals surface area (Å²) in [6, 6.07) is 16.7. The van der Waals surface area contributed by atoms with E-state index in [0.717, 1.165) is 45.0 Å².